The first-order chi connectivity index (χ1) is 9.54. The number of esters is 1. The van der Waals surface area contributed by atoms with Crippen molar-refractivity contribution in [2.75, 3.05) is 7.11 Å². The molecule has 0 aliphatic carbocycles. The zero-order chi connectivity index (χ0) is 14.9. The molecule has 1 aromatic carbocycles. The van der Waals surface area contributed by atoms with Gasteiger partial charge in [-0.2, -0.15) is 5.26 Å². The molecular weight excluding hydrogens is 259 g/mol. The second-order valence-electron chi connectivity index (χ2n) is 4.21. The third kappa shape index (κ3) is 2.05. The highest BCUT2D eigenvalue weighted by Crippen LogP contribution is 2.21. The fourth-order valence-electron chi connectivity index (χ4n) is 2.34. The number of aryl methyl sites for hydroxylation is 1. The lowest BCUT2D eigenvalue weighted by Gasteiger charge is -2.07. The second-order valence-corrected chi connectivity index (χ2v) is 4.21. The fraction of sp³-hybridized carbons (Fsp3) is 0.231. The largest absolute Gasteiger partial charge is 0.507 e. The van der Waals surface area contributed by atoms with Crippen LogP contribution in [0.1, 0.15) is 22.8 Å². The molecule has 0 amide bonds. The average molecular weight is 272 g/mol. The van der Waals surface area contributed by atoms with E-state index >= 15 is 0 Å². The Morgan fingerprint density at radius 2 is 2.20 bits per heavy atom. The number of carbonyl (C=O) groups excluding carboxylic acids is 1. The summed E-state index contributed by atoms with van der Waals surface area (Å²) >= 11 is 0. The Labute approximate surface area is 116 Å². The van der Waals surface area contributed by atoms with E-state index in [-0.39, 0.29) is 11.2 Å². The predicted molar refractivity (Wildman–Crippen MR) is 73.5 cm³/mol. The van der Waals surface area contributed by atoms with Crippen LogP contribution < -0.4 is 5.59 Å². The minimum atomic E-state index is -1.75. The minimum Gasteiger partial charge on any atom is -0.465 e. The van der Waals surface area contributed by atoms with Crippen LogP contribution in [-0.4, -0.2) is 34.8 Å². The second kappa shape index (κ2) is 5.37. The van der Waals surface area contributed by atoms with Gasteiger partial charge in [-0.1, -0.05) is 6.07 Å². The fourth-order valence-corrected chi connectivity index (χ4v) is 2.34. The highest BCUT2D eigenvalue weighted by molar-refractivity contribution is 6.59. The van der Waals surface area contributed by atoms with Crippen molar-refractivity contribution >= 4 is 29.6 Å². The van der Waals surface area contributed by atoms with Crippen LogP contribution in [-0.2, 0) is 11.3 Å². The molecule has 0 unspecified atom stereocenters. The lowest BCUT2D eigenvalue weighted by atomic mass is 9.82. The quantitative estimate of drug-likeness (QED) is 0.605. The number of nitriles is 1. The molecule has 2 rings (SSSR count). The molecule has 0 saturated heterocycles. The summed E-state index contributed by atoms with van der Waals surface area (Å²) in [5, 5.41) is 28.7. The molecule has 0 radical (unpaired) electrons. The van der Waals surface area contributed by atoms with Crippen LogP contribution in [0.15, 0.2) is 18.2 Å². The van der Waals surface area contributed by atoms with E-state index in [1.54, 1.807) is 22.8 Å². The Morgan fingerprint density at radius 1 is 1.50 bits per heavy atom. The van der Waals surface area contributed by atoms with Crippen LogP contribution in [0.2, 0.25) is 0 Å². The van der Waals surface area contributed by atoms with Gasteiger partial charge < -0.3 is 19.4 Å². The molecule has 1 aromatic heterocycles. The Hall–Kier alpha value is -2.30. The van der Waals surface area contributed by atoms with Gasteiger partial charge in [0.2, 0.25) is 0 Å². The molecule has 2 N–H and O–H groups in total. The molecule has 2 aromatic rings. The molecule has 0 atom stereocenters. The van der Waals surface area contributed by atoms with Crippen molar-refractivity contribution in [1.82, 2.24) is 4.57 Å². The summed E-state index contributed by atoms with van der Waals surface area (Å²) in [4.78, 5) is 11.6. The zero-order valence-electron chi connectivity index (χ0n) is 11.1. The summed E-state index contributed by atoms with van der Waals surface area (Å²) in [6.07, 6.45) is 0. The Balaban J connectivity index is 2.82. The van der Waals surface area contributed by atoms with Crippen molar-refractivity contribution < 1.29 is 19.6 Å². The topological polar surface area (TPSA) is 95.5 Å². The Morgan fingerprint density at radius 3 is 2.70 bits per heavy atom. The number of fused-ring (bicyclic) bond motifs is 1. The first-order valence-corrected chi connectivity index (χ1v) is 6.05. The van der Waals surface area contributed by atoms with Crippen LogP contribution in [0.4, 0.5) is 0 Å². The molecule has 7 heteroatoms. The molecule has 102 valence electrons. The molecule has 0 bridgehead atoms. The van der Waals surface area contributed by atoms with Gasteiger partial charge in [-0.15, -0.1) is 0 Å². The van der Waals surface area contributed by atoms with E-state index < -0.39 is 13.1 Å². The van der Waals surface area contributed by atoms with Crippen molar-refractivity contribution in [1.29, 1.82) is 5.26 Å². The summed E-state index contributed by atoms with van der Waals surface area (Å²) in [7, 11) is -0.465. The molecular formula is C13H13BN2O4. The summed E-state index contributed by atoms with van der Waals surface area (Å²) in [5.41, 5.74) is 1.27. The number of carbonyl (C=O) groups is 1. The van der Waals surface area contributed by atoms with Gasteiger partial charge in [0.25, 0.3) is 0 Å². The number of aromatic nitrogens is 1. The van der Waals surface area contributed by atoms with Gasteiger partial charge in [0.05, 0.1) is 23.8 Å². The molecule has 1 heterocycles. The number of ether oxygens (including phenoxy) is 1. The van der Waals surface area contributed by atoms with Crippen molar-refractivity contribution in [3.05, 3.63) is 29.3 Å². The number of hydrogen-bond acceptors (Lipinski definition) is 5. The maximum Gasteiger partial charge on any atom is 0.507 e. The number of hydrogen-bond donors (Lipinski definition) is 2. The van der Waals surface area contributed by atoms with Crippen molar-refractivity contribution in [3.8, 4) is 6.07 Å². The summed E-state index contributed by atoms with van der Waals surface area (Å²) in [6.45, 7) is 2.26. The molecule has 0 saturated carbocycles. The maximum atomic E-state index is 11.6. The number of benzene rings is 1. The maximum absolute atomic E-state index is 11.6. The molecule has 0 aliphatic heterocycles. The van der Waals surface area contributed by atoms with Gasteiger partial charge in [0.15, 0.2) is 0 Å². The third-order valence-electron chi connectivity index (χ3n) is 3.20. The van der Waals surface area contributed by atoms with E-state index in [2.05, 4.69) is 4.74 Å². The van der Waals surface area contributed by atoms with Crippen LogP contribution in [0.3, 0.4) is 0 Å². The average Bonchev–Trinajstić information content (AvgIpc) is 2.78. The first-order valence-electron chi connectivity index (χ1n) is 6.05. The third-order valence-corrected chi connectivity index (χ3v) is 3.20. The van der Waals surface area contributed by atoms with Crippen LogP contribution >= 0.6 is 0 Å². The van der Waals surface area contributed by atoms with Gasteiger partial charge in [-0.3, -0.25) is 0 Å². The standard InChI is InChI=1S/C13H13BN2O4/c1-3-16-11-6-8(13(17)20-2)4-5-9(11)10(7-15)12(16)14(18)19/h4-6,18-19H,3H2,1-2H3. The zero-order valence-corrected chi connectivity index (χ0v) is 11.1. The Bertz CT molecular complexity index is 715. The molecule has 0 spiro atoms. The SMILES string of the molecule is CCn1c(B(O)O)c(C#N)c2ccc(C(=O)OC)cc21. The van der Waals surface area contributed by atoms with Gasteiger partial charge in [-0.05, 0) is 19.1 Å². The molecule has 0 aliphatic rings. The van der Waals surface area contributed by atoms with E-state index in [0.717, 1.165) is 0 Å². The number of nitrogens with zero attached hydrogens (tertiary/aromatic N) is 2. The van der Waals surface area contributed by atoms with Gasteiger partial charge in [0.1, 0.15) is 6.07 Å². The van der Waals surface area contributed by atoms with Crippen LogP contribution in [0, 0.1) is 11.3 Å². The summed E-state index contributed by atoms with van der Waals surface area (Å²) in [5.74, 6) is -0.486. The van der Waals surface area contributed by atoms with E-state index in [9.17, 15) is 20.1 Å². The van der Waals surface area contributed by atoms with E-state index in [1.807, 2.05) is 13.0 Å². The molecule has 20 heavy (non-hydrogen) atoms. The summed E-state index contributed by atoms with van der Waals surface area (Å²) in [6, 6.07) is 6.71. The monoisotopic (exact) mass is 272 g/mol. The highest BCUT2D eigenvalue weighted by Gasteiger charge is 2.25. The number of rotatable bonds is 3. The van der Waals surface area contributed by atoms with Crippen LogP contribution in [0.25, 0.3) is 10.9 Å². The minimum absolute atomic E-state index is 0.131. The first kappa shape index (κ1) is 14.1. The normalized spacial score (nSPS) is 10.3. The highest BCUT2D eigenvalue weighted by atomic mass is 16.5. The number of methoxy groups -OCH3 is 1. The molecule has 0 fully saturated rings. The van der Waals surface area contributed by atoms with E-state index in [0.29, 0.717) is 23.0 Å². The lowest BCUT2D eigenvalue weighted by molar-refractivity contribution is 0.0601. The summed E-state index contributed by atoms with van der Waals surface area (Å²) < 4.78 is 6.26. The van der Waals surface area contributed by atoms with Crippen molar-refractivity contribution in [3.63, 3.8) is 0 Å². The van der Waals surface area contributed by atoms with E-state index in [1.165, 1.54) is 7.11 Å². The lowest BCUT2D eigenvalue weighted by Crippen LogP contribution is -2.37. The Kier molecular flexibility index (Phi) is 3.79. The molecule has 6 nitrogen and oxygen atoms in total. The van der Waals surface area contributed by atoms with Gasteiger partial charge >= 0.3 is 13.1 Å². The van der Waals surface area contributed by atoms with Crippen molar-refractivity contribution in [2.24, 2.45) is 0 Å². The van der Waals surface area contributed by atoms with E-state index in [4.69, 9.17) is 0 Å². The smallest absolute Gasteiger partial charge is 0.465 e. The predicted octanol–water partition coefficient (Wildman–Crippen LogP) is -0.000720. The van der Waals surface area contributed by atoms with Gasteiger partial charge in [0, 0.05) is 17.4 Å². The van der Waals surface area contributed by atoms with Crippen molar-refractivity contribution in [2.45, 2.75) is 13.5 Å². The van der Waals surface area contributed by atoms with Gasteiger partial charge in [-0.25, -0.2) is 4.79 Å². The van der Waals surface area contributed by atoms with Crippen LogP contribution in [0.5, 0.6) is 0 Å².